The maximum Gasteiger partial charge on any atom is 0.317 e. The van der Waals surface area contributed by atoms with Crippen LogP contribution in [-0.4, -0.2) is 64.8 Å². The standard InChI is InChI=1S/C14H22N2O4/c1-10(12-5-4-11(17)8-13(12)18)16(9-14(19)20)7-6-15(2)3/h4-5,8,10,17-18H,6-7,9H2,1-3H3,(H,19,20). The fraction of sp³-hybridized carbons (Fsp3) is 0.500. The summed E-state index contributed by atoms with van der Waals surface area (Å²) in [5.74, 6) is -0.955. The first-order valence-corrected chi connectivity index (χ1v) is 6.43. The Morgan fingerprint density at radius 3 is 2.40 bits per heavy atom. The Hall–Kier alpha value is -1.79. The van der Waals surface area contributed by atoms with E-state index in [4.69, 9.17) is 5.11 Å². The van der Waals surface area contributed by atoms with Gasteiger partial charge >= 0.3 is 5.97 Å². The molecule has 3 N–H and O–H groups in total. The maximum absolute atomic E-state index is 11.0. The highest BCUT2D eigenvalue weighted by Crippen LogP contribution is 2.30. The van der Waals surface area contributed by atoms with E-state index in [0.29, 0.717) is 12.1 Å². The number of phenols is 2. The van der Waals surface area contributed by atoms with Crippen molar-refractivity contribution in [3.63, 3.8) is 0 Å². The summed E-state index contributed by atoms with van der Waals surface area (Å²) in [6.45, 7) is 3.03. The summed E-state index contributed by atoms with van der Waals surface area (Å²) in [5.41, 5.74) is 0.600. The van der Waals surface area contributed by atoms with Crippen LogP contribution in [0, 0.1) is 0 Å². The zero-order valence-corrected chi connectivity index (χ0v) is 12.1. The Labute approximate surface area is 118 Å². The molecule has 1 aromatic carbocycles. The molecule has 0 spiro atoms. The average Bonchev–Trinajstić information content (AvgIpc) is 2.33. The Morgan fingerprint density at radius 1 is 1.25 bits per heavy atom. The molecule has 6 heteroatoms. The summed E-state index contributed by atoms with van der Waals surface area (Å²) in [6.07, 6.45) is 0. The molecule has 0 aliphatic carbocycles. The van der Waals surface area contributed by atoms with Crippen LogP contribution in [0.25, 0.3) is 0 Å². The zero-order chi connectivity index (χ0) is 15.3. The molecule has 20 heavy (non-hydrogen) atoms. The SMILES string of the molecule is CC(c1ccc(O)cc1O)N(CCN(C)C)CC(=O)O. The predicted octanol–water partition coefficient (Wildman–Crippen LogP) is 1.11. The van der Waals surface area contributed by atoms with E-state index in [-0.39, 0.29) is 24.1 Å². The van der Waals surface area contributed by atoms with E-state index in [1.807, 2.05) is 25.9 Å². The first-order chi connectivity index (χ1) is 9.31. The molecule has 1 unspecified atom stereocenters. The van der Waals surface area contributed by atoms with E-state index in [2.05, 4.69) is 0 Å². The molecule has 112 valence electrons. The fourth-order valence-corrected chi connectivity index (χ4v) is 1.99. The quantitative estimate of drug-likeness (QED) is 0.694. The molecular formula is C14H22N2O4. The van der Waals surface area contributed by atoms with Crippen LogP contribution < -0.4 is 0 Å². The highest BCUT2D eigenvalue weighted by Gasteiger charge is 2.21. The third-order valence-corrected chi connectivity index (χ3v) is 3.18. The lowest BCUT2D eigenvalue weighted by molar-refractivity contribution is -0.139. The molecule has 0 saturated carbocycles. The van der Waals surface area contributed by atoms with Crippen molar-refractivity contribution in [3.05, 3.63) is 23.8 Å². The van der Waals surface area contributed by atoms with Crippen molar-refractivity contribution in [2.24, 2.45) is 0 Å². The van der Waals surface area contributed by atoms with Gasteiger partial charge in [0.15, 0.2) is 0 Å². The highest BCUT2D eigenvalue weighted by atomic mass is 16.4. The normalized spacial score (nSPS) is 12.8. The summed E-state index contributed by atoms with van der Waals surface area (Å²) in [7, 11) is 3.84. The number of phenolic OH excluding ortho intramolecular Hbond substituents is 2. The van der Waals surface area contributed by atoms with Crippen molar-refractivity contribution in [2.45, 2.75) is 13.0 Å². The van der Waals surface area contributed by atoms with Crippen molar-refractivity contribution in [3.8, 4) is 11.5 Å². The van der Waals surface area contributed by atoms with Crippen LogP contribution in [-0.2, 0) is 4.79 Å². The van der Waals surface area contributed by atoms with Gasteiger partial charge in [-0.25, -0.2) is 0 Å². The van der Waals surface area contributed by atoms with Gasteiger partial charge in [-0.05, 0) is 27.1 Å². The Kier molecular flexibility index (Phi) is 5.79. The summed E-state index contributed by atoms with van der Waals surface area (Å²) in [4.78, 5) is 14.7. The van der Waals surface area contributed by atoms with Gasteiger partial charge in [0.25, 0.3) is 0 Å². The number of carbonyl (C=O) groups is 1. The second kappa shape index (κ2) is 7.12. The van der Waals surface area contributed by atoms with Crippen LogP contribution in [0.4, 0.5) is 0 Å². The topological polar surface area (TPSA) is 84.2 Å². The average molecular weight is 282 g/mol. The largest absolute Gasteiger partial charge is 0.508 e. The van der Waals surface area contributed by atoms with Gasteiger partial charge in [0, 0.05) is 30.8 Å². The second-order valence-electron chi connectivity index (χ2n) is 5.09. The monoisotopic (exact) mass is 282 g/mol. The third kappa shape index (κ3) is 4.71. The molecule has 0 amide bonds. The number of rotatable bonds is 7. The molecule has 0 aliphatic heterocycles. The first-order valence-electron chi connectivity index (χ1n) is 6.43. The van der Waals surface area contributed by atoms with Crippen LogP contribution in [0.5, 0.6) is 11.5 Å². The predicted molar refractivity (Wildman–Crippen MR) is 75.9 cm³/mol. The number of benzene rings is 1. The van der Waals surface area contributed by atoms with Crippen LogP contribution in [0.3, 0.4) is 0 Å². The van der Waals surface area contributed by atoms with E-state index in [1.165, 1.54) is 12.1 Å². The number of carboxylic acids is 1. The Morgan fingerprint density at radius 2 is 1.90 bits per heavy atom. The summed E-state index contributed by atoms with van der Waals surface area (Å²) < 4.78 is 0. The smallest absolute Gasteiger partial charge is 0.317 e. The Bertz CT molecular complexity index is 462. The van der Waals surface area contributed by atoms with Gasteiger partial charge in [0.05, 0.1) is 6.54 Å². The minimum Gasteiger partial charge on any atom is -0.508 e. The van der Waals surface area contributed by atoms with E-state index >= 15 is 0 Å². The fourth-order valence-electron chi connectivity index (χ4n) is 1.99. The molecule has 6 nitrogen and oxygen atoms in total. The minimum atomic E-state index is -0.908. The van der Waals surface area contributed by atoms with Crippen LogP contribution >= 0.6 is 0 Å². The number of aromatic hydroxyl groups is 2. The minimum absolute atomic E-state index is 0.0171. The van der Waals surface area contributed by atoms with Crippen LogP contribution in [0.15, 0.2) is 18.2 Å². The van der Waals surface area contributed by atoms with E-state index in [1.54, 1.807) is 11.0 Å². The molecule has 0 fully saturated rings. The van der Waals surface area contributed by atoms with Crippen LogP contribution in [0.1, 0.15) is 18.5 Å². The number of nitrogens with zero attached hydrogens (tertiary/aromatic N) is 2. The van der Waals surface area contributed by atoms with Crippen molar-refractivity contribution in [2.75, 3.05) is 33.7 Å². The van der Waals surface area contributed by atoms with Gasteiger partial charge in [0.2, 0.25) is 0 Å². The van der Waals surface area contributed by atoms with Crippen molar-refractivity contribution in [1.29, 1.82) is 0 Å². The number of hydrogen-bond acceptors (Lipinski definition) is 5. The molecule has 0 bridgehead atoms. The molecule has 0 aliphatic rings. The van der Waals surface area contributed by atoms with Gasteiger partial charge in [0.1, 0.15) is 11.5 Å². The Balaban J connectivity index is 2.90. The number of carboxylic acid groups (broad SMARTS) is 1. The van der Waals surface area contributed by atoms with E-state index in [0.717, 1.165) is 6.54 Å². The molecule has 0 radical (unpaired) electrons. The highest BCUT2D eigenvalue weighted by molar-refractivity contribution is 5.69. The lowest BCUT2D eigenvalue weighted by Gasteiger charge is -2.29. The first kappa shape index (κ1) is 16.3. The van der Waals surface area contributed by atoms with Gasteiger partial charge in [-0.2, -0.15) is 0 Å². The zero-order valence-electron chi connectivity index (χ0n) is 12.1. The molecule has 1 atom stereocenters. The summed E-state index contributed by atoms with van der Waals surface area (Å²) in [6, 6.07) is 4.10. The molecule has 0 heterocycles. The number of likely N-dealkylation sites (N-methyl/N-ethyl adjacent to an activating group) is 1. The number of aliphatic carboxylic acids is 1. The van der Waals surface area contributed by atoms with Crippen LogP contribution in [0.2, 0.25) is 0 Å². The van der Waals surface area contributed by atoms with E-state index in [9.17, 15) is 15.0 Å². The van der Waals surface area contributed by atoms with Crippen molar-refractivity contribution >= 4 is 5.97 Å². The lowest BCUT2D eigenvalue weighted by atomic mass is 10.1. The second-order valence-corrected chi connectivity index (χ2v) is 5.09. The third-order valence-electron chi connectivity index (χ3n) is 3.18. The van der Waals surface area contributed by atoms with Crippen molar-refractivity contribution in [1.82, 2.24) is 9.80 Å². The molecule has 1 rings (SSSR count). The summed E-state index contributed by atoms with van der Waals surface area (Å²) in [5, 5.41) is 28.2. The molecular weight excluding hydrogens is 260 g/mol. The van der Waals surface area contributed by atoms with Crippen molar-refractivity contribution < 1.29 is 20.1 Å². The van der Waals surface area contributed by atoms with Gasteiger partial charge < -0.3 is 20.2 Å². The van der Waals surface area contributed by atoms with E-state index < -0.39 is 5.97 Å². The van der Waals surface area contributed by atoms with Gasteiger partial charge in [-0.1, -0.05) is 6.07 Å². The van der Waals surface area contributed by atoms with Gasteiger partial charge in [-0.15, -0.1) is 0 Å². The van der Waals surface area contributed by atoms with Gasteiger partial charge in [-0.3, -0.25) is 9.69 Å². The molecule has 0 saturated heterocycles. The molecule has 1 aromatic rings. The number of hydrogen-bond donors (Lipinski definition) is 3. The maximum atomic E-state index is 11.0. The lowest BCUT2D eigenvalue weighted by Crippen LogP contribution is -2.37. The molecule has 0 aromatic heterocycles. The summed E-state index contributed by atoms with van der Waals surface area (Å²) >= 11 is 0.